The Bertz CT molecular complexity index is 1140. The summed E-state index contributed by atoms with van der Waals surface area (Å²) in [5, 5.41) is 0. The van der Waals surface area contributed by atoms with Gasteiger partial charge < -0.3 is 0 Å². The Morgan fingerprint density at radius 3 is 0.984 bits per heavy atom. The number of alkyl halides is 9. The molecule has 9 heteroatoms. The lowest BCUT2D eigenvalue weighted by Crippen LogP contribution is -2.35. The van der Waals surface area contributed by atoms with Gasteiger partial charge in [0.25, 0.3) is 0 Å². The normalized spacial score (nSPS) is 32.4. The van der Waals surface area contributed by atoms with E-state index >= 15 is 0 Å². The molecule has 11 atom stereocenters. The molecule has 0 aliphatic heterocycles. The first-order chi connectivity index (χ1) is 28.3. The van der Waals surface area contributed by atoms with Gasteiger partial charge >= 0.3 is 18.5 Å². The monoisotopic (exact) mass is 913 g/mol. The summed E-state index contributed by atoms with van der Waals surface area (Å²) >= 11 is 0. The molecule has 4 aliphatic rings. The molecule has 0 bridgehead atoms. The minimum atomic E-state index is -3.98. The van der Waals surface area contributed by atoms with Crippen LogP contribution in [-0.4, -0.2) is 18.5 Å². The largest absolute Gasteiger partial charge is 0.392 e. The molecule has 0 aromatic rings. The third kappa shape index (κ3) is 32.9. The summed E-state index contributed by atoms with van der Waals surface area (Å²) in [6, 6.07) is 0. The van der Waals surface area contributed by atoms with Gasteiger partial charge in [-0.25, -0.2) is 0 Å². The zero-order valence-corrected chi connectivity index (χ0v) is 44.0. The third-order valence-electron chi connectivity index (χ3n) is 14.0. The summed E-state index contributed by atoms with van der Waals surface area (Å²) in [4.78, 5) is 0. The molecule has 8 unspecified atom stereocenters. The predicted octanol–water partition coefficient (Wildman–Crippen LogP) is 20.9. The second-order valence-corrected chi connectivity index (χ2v) is 23.9. The molecular formula is C53H103F9. The molecule has 0 aromatic heterocycles. The minimum Gasteiger partial charge on any atom is -0.171 e. The Morgan fingerprint density at radius 1 is 0.419 bits per heavy atom. The van der Waals surface area contributed by atoms with Gasteiger partial charge in [-0.3, -0.25) is 0 Å². The van der Waals surface area contributed by atoms with Crippen LogP contribution in [0.4, 0.5) is 39.5 Å². The molecule has 4 saturated carbocycles. The summed E-state index contributed by atoms with van der Waals surface area (Å²) in [7, 11) is 0. The van der Waals surface area contributed by atoms with E-state index < -0.39 is 42.7 Å². The van der Waals surface area contributed by atoms with E-state index in [9.17, 15) is 39.5 Å². The van der Waals surface area contributed by atoms with E-state index in [0.717, 1.165) is 43.4 Å². The van der Waals surface area contributed by atoms with Gasteiger partial charge in [0.1, 0.15) is 0 Å². The highest BCUT2D eigenvalue weighted by Crippen LogP contribution is 2.46. The van der Waals surface area contributed by atoms with E-state index in [1.807, 2.05) is 48.5 Å². The van der Waals surface area contributed by atoms with Crippen LogP contribution in [0, 0.1) is 87.3 Å². The third-order valence-corrected chi connectivity index (χ3v) is 14.0. The van der Waals surface area contributed by atoms with Crippen LogP contribution in [0.15, 0.2) is 0 Å². The smallest absolute Gasteiger partial charge is 0.171 e. The fraction of sp³-hybridized carbons (Fsp3) is 1.00. The Balaban J connectivity index is -0.000000688. The van der Waals surface area contributed by atoms with Crippen LogP contribution in [0.5, 0.6) is 0 Å². The van der Waals surface area contributed by atoms with Crippen LogP contribution in [-0.2, 0) is 0 Å². The summed E-state index contributed by atoms with van der Waals surface area (Å²) < 4.78 is 125. The second kappa shape index (κ2) is 29.2. The number of hydrogen-bond acceptors (Lipinski definition) is 0. The molecule has 0 nitrogen and oxygen atoms in total. The fourth-order valence-electron chi connectivity index (χ4n) is 8.64. The standard InChI is InChI=1S/2C9H15F3.C8H13F3.C8H16.C7H16.2C6H14/c1-6-3-7(2)5-8(4-6)9(10,11)12;1-6-4-3-5-8(7(6)2)9(10,11)12;1-5-3-6(2)7(4-5)8(9,10)11;1-6-4-5-7(2)8(6)3;1-5-6-7(2,3)4;2*1-5-6(2,3)4/h2*6-8H,3-5H2,1-2H3;5-7H,3-4H2,1-2H3;6-8H,4-5H2,1-3H3;5-6H2,1-4H3;2*5H2,1-4H3/t6-,7?,8?;6?,7-,8?;5-,6?,7?;;;;/m010..../s1/i;;;;;5D2;. The summed E-state index contributed by atoms with van der Waals surface area (Å²) in [5.41, 5.74) is 0.863. The Labute approximate surface area is 382 Å². The van der Waals surface area contributed by atoms with Crippen LogP contribution in [0.1, 0.15) is 238 Å². The van der Waals surface area contributed by atoms with Gasteiger partial charge in [-0.05, 0) is 114 Å². The molecule has 0 spiro atoms. The van der Waals surface area contributed by atoms with Crippen molar-refractivity contribution in [1.29, 1.82) is 0 Å². The van der Waals surface area contributed by atoms with Crippen LogP contribution in [0.25, 0.3) is 0 Å². The van der Waals surface area contributed by atoms with Crippen molar-refractivity contribution >= 4 is 0 Å². The van der Waals surface area contributed by atoms with E-state index in [4.69, 9.17) is 2.74 Å². The lowest BCUT2D eigenvalue weighted by Gasteiger charge is -2.35. The lowest BCUT2D eigenvalue weighted by molar-refractivity contribution is -0.199. The lowest BCUT2D eigenvalue weighted by atomic mass is 9.73. The van der Waals surface area contributed by atoms with E-state index in [1.165, 1.54) is 32.1 Å². The predicted molar refractivity (Wildman–Crippen MR) is 251 cm³/mol. The van der Waals surface area contributed by atoms with Crippen LogP contribution in [0.3, 0.4) is 0 Å². The topological polar surface area (TPSA) is 0 Å². The molecule has 4 rings (SSSR count). The van der Waals surface area contributed by atoms with Crippen molar-refractivity contribution in [2.75, 3.05) is 0 Å². The Morgan fingerprint density at radius 2 is 0.790 bits per heavy atom. The average molecular weight is 913 g/mol. The van der Waals surface area contributed by atoms with Crippen molar-refractivity contribution in [1.82, 2.24) is 0 Å². The van der Waals surface area contributed by atoms with Crippen molar-refractivity contribution in [3.63, 3.8) is 0 Å². The maximum absolute atomic E-state index is 12.4. The molecule has 4 aliphatic carbocycles. The Kier molecular flexibility index (Phi) is 28.9. The molecule has 0 N–H and O–H groups in total. The van der Waals surface area contributed by atoms with E-state index in [-0.39, 0.29) is 40.9 Å². The van der Waals surface area contributed by atoms with Gasteiger partial charge in [0, 0.05) is 2.74 Å². The van der Waals surface area contributed by atoms with Crippen molar-refractivity contribution in [3.05, 3.63) is 0 Å². The van der Waals surface area contributed by atoms with Crippen molar-refractivity contribution < 1.29 is 42.3 Å². The zero-order valence-electron chi connectivity index (χ0n) is 46.0. The summed E-state index contributed by atoms with van der Waals surface area (Å²) in [5.74, 6) is 0.395. The quantitative estimate of drug-likeness (QED) is 0.230. The average Bonchev–Trinajstić information content (AvgIpc) is 3.59. The van der Waals surface area contributed by atoms with Crippen molar-refractivity contribution in [2.24, 2.45) is 87.3 Å². The molecular weight excluding hydrogens is 808 g/mol. The molecule has 378 valence electrons. The molecule has 62 heavy (non-hydrogen) atoms. The molecule has 0 aromatic carbocycles. The van der Waals surface area contributed by atoms with Gasteiger partial charge in [-0.15, -0.1) is 0 Å². The highest BCUT2D eigenvalue weighted by Gasteiger charge is 2.47. The first-order valence-electron chi connectivity index (χ1n) is 25.5. The van der Waals surface area contributed by atoms with Gasteiger partial charge in [-0.2, -0.15) is 39.5 Å². The van der Waals surface area contributed by atoms with Crippen LogP contribution >= 0.6 is 0 Å². The molecule has 0 amide bonds. The van der Waals surface area contributed by atoms with Crippen molar-refractivity contribution in [3.8, 4) is 0 Å². The Hall–Kier alpha value is -0.630. The van der Waals surface area contributed by atoms with Crippen molar-refractivity contribution in [2.45, 2.75) is 254 Å². The fourth-order valence-corrected chi connectivity index (χ4v) is 8.64. The second-order valence-electron chi connectivity index (χ2n) is 23.9. The van der Waals surface area contributed by atoms with E-state index in [1.54, 1.807) is 20.8 Å². The summed E-state index contributed by atoms with van der Waals surface area (Å²) in [6.07, 6.45) is -1.47. The van der Waals surface area contributed by atoms with E-state index in [0.29, 0.717) is 36.5 Å². The number of rotatable bonds is 1. The van der Waals surface area contributed by atoms with Gasteiger partial charge in [-0.1, -0.05) is 190 Å². The van der Waals surface area contributed by atoms with Gasteiger partial charge in [0.05, 0.1) is 17.8 Å². The SMILES string of the molecule is CC1CC(C(F)(F)F)C[C@@H](C)C1.CC1CCC(C)C1C.CC1CCCC(C(F)(F)F)[C@@H]1C.CC1C[C@H](C)CC1C(F)(F)F.CCC(C)(C)C.CCCC(C)(C)C.[2H]C([2H])(C)C(C)(C)C. The van der Waals surface area contributed by atoms with Gasteiger partial charge in [0.2, 0.25) is 0 Å². The van der Waals surface area contributed by atoms with Crippen LogP contribution in [0.2, 0.25) is 0 Å². The molecule has 0 saturated heterocycles. The minimum absolute atomic E-state index is 0.176. The highest BCUT2D eigenvalue weighted by atomic mass is 19.4. The van der Waals surface area contributed by atoms with E-state index in [2.05, 4.69) is 76.2 Å². The highest BCUT2D eigenvalue weighted by molar-refractivity contribution is 4.84. The zero-order chi connectivity index (χ0) is 51.6. The maximum Gasteiger partial charge on any atom is 0.392 e. The number of hydrogen-bond donors (Lipinski definition) is 0. The maximum atomic E-state index is 12.4. The molecule has 0 radical (unpaired) electrons. The van der Waals surface area contributed by atoms with Crippen LogP contribution < -0.4 is 0 Å². The molecule has 0 heterocycles. The summed E-state index contributed by atoms with van der Waals surface area (Å²) in [6.45, 7) is 43.4. The first-order valence-corrected chi connectivity index (χ1v) is 24.5. The number of halogens is 9. The molecule has 4 fully saturated rings. The van der Waals surface area contributed by atoms with Gasteiger partial charge in [0.15, 0.2) is 0 Å². The first kappa shape index (κ1) is 61.4.